The molecule has 2 rings (SSSR count). The summed E-state index contributed by atoms with van der Waals surface area (Å²) in [6.07, 6.45) is 9.76. The Morgan fingerprint density at radius 2 is 2.00 bits per heavy atom. The van der Waals surface area contributed by atoms with Crippen molar-refractivity contribution in [3.8, 4) is 0 Å². The summed E-state index contributed by atoms with van der Waals surface area (Å²) >= 11 is 0. The Balaban J connectivity index is 1.78. The summed E-state index contributed by atoms with van der Waals surface area (Å²) in [6, 6.07) is 0.509. The lowest BCUT2D eigenvalue weighted by molar-refractivity contribution is 0.294. The third-order valence-electron chi connectivity index (χ3n) is 4.74. The van der Waals surface area contributed by atoms with E-state index in [1.807, 2.05) is 0 Å². The Bertz CT molecular complexity index is 396. The van der Waals surface area contributed by atoms with Crippen LogP contribution in [0.3, 0.4) is 0 Å². The van der Waals surface area contributed by atoms with Gasteiger partial charge in [-0.15, -0.1) is 0 Å². The molecule has 1 aromatic heterocycles. The molecule has 120 valence electrons. The van der Waals surface area contributed by atoms with Crippen molar-refractivity contribution >= 4 is 0 Å². The lowest BCUT2D eigenvalue weighted by atomic mass is 9.80. The maximum atomic E-state index is 5.43. The number of nitrogens with zero attached hydrogens (tertiary/aromatic N) is 2. The largest absolute Gasteiger partial charge is 0.339 e. The van der Waals surface area contributed by atoms with E-state index in [0.29, 0.717) is 12.0 Å². The van der Waals surface area contributed by atoms with Crippen LogP contribution in [0.1, 0.15) is 83.3 Å². The Labute approximate surface area is 129 Å². The van der Waals surface area contributed by atoms with Gasteiger partial charge in [-0.1, -0.05) is 31.8 Å². The fourth-order valence-electron chi connectivity index (χ4n) is 3.44. The van der Waals surface area contributed by atoms with Crippen LogP contribution in [0.5, 0.6) is 0 Å². The van der Waals surface area contributed by atoms with E-state index in [-0.39, 0.29) is 0 Å². The monoisotopic (exact) mass is 293 g/mol. The minimum Gasteiger partial charge on any atom is -0.339 e. The van der Waals surface area contributed by atoms with E-state index in [1.54, 1.807) is 0 Å². The Hall–Kier alpha value is -0.900. The van der Waals surface area contributed by atoms with E-state index in [1.165, 1.54) is 38.5 Å². The summed E-state index contributed by atoms with van der Waals surface area (Å²) in [5.41, 5.74) is 0. The quantitative estimate of drug-likeness (QED) is 0.785. The first-order chi connectivity index (χ1) is 10.2. The van der Waals surface area contributed by atoms with Crippen LogP contribution in [0.2, 0.25) is 0 Å². The number of hydrogen-bond donors (Lipinski definition) is 1. The van der Waals surface area contributed by atoms with Crippen molar-refractivity contribution in [2.24, 2.45) is 5.92 Å². The molecule has 4 nitrogen and oxygen atoms in total. The minimum absolute atomic E-state index is 0.509. The number of aromatic nitrogens is 2. The van der Waals surface area contributed by atoms with Gasteiger partial charge >= 0.3 is 0 Å². The number of rotatable bonds is 8. The first-order valence-electron chi connectivity index (χ1n) is 8.78. The van der Waals surface area contributed by atoms with Gasteiger partial charge < -0.3 is 9.84 Å². The highest BCUT2D eigenvalue weighted by Crippen LogP contribution is 2.36. The Kier molecular flexibility index (Phi) is 6.68. The van der Waals surface area contributed by atoms with Crippen LogP contribution < -0.4 is 5.32 Å². The smallest absolute Gasteiger partial charge is 0.226 e. The molecular formula is C17H31N3O. The van der Waals surface area contributed by atoms with Crippen molar-refractivity contribution in [3.05, 3.63) is 11.7 Å². The summed E-state index contributed by atoms with van der Waals surface area (Å²) in [5.74, 6) is 3.22. The van der Waals surface area contributed by atoms with Crippen molar-refractivity contribution in [1.29, 1.82) is 0 Å². The first-order valence-corrected chi connectivity index (χ1v) is 8.78. The summed E-state index contributed by atoms with van der Waals surface area (Å²) in [4.78, 5) is 4.63. The second-order valence-electron chi connectivity index (χ2n) is 6.55. The number of aryl methyl sites for hydroxylation is 1. The van der Waals surface area contributed by atoms with Gasteiger partial charge in [0.1, 0.15) is 0 Å². The molecule has 1 saturated carbocycles. The Morgan fingerprint density at radius 1 is 1.24 bits per heavy atom. The van der Waals surface area contributed by atoms with E-state index in [4.69, 9.17) is 4.52 Å². The molecule has 1 aromatic rings. The topological polar surface area (TPSA) is 51.0 Å². The fourth-order valence-corrected chi connectivity index (χ4v) is 3.44. The van der Waals surface area contributed by atoms with Crippen LogP contribution in [0.4, 0.5) is 0 Å². The van der Waals surface area contributed by atoms with E-state index >= 15 is 0 Å². The normalized spacial score (nSPS) is 24.1. The molecule has 0 bridgehead atoms. The van der Waals surface area contributed by atoms with E-state index in [0.717, 1.165) is 37.0 Å². The lowest BCUT2D eigenvalue weighted by Crippen LogP contribution is -2.25. The third kappa shape index (κ3) is 5.10. The standard InChI is InChI=1S/C17H31N3O/c1-4-6-14-8-10-15(11-9-14)17-19-16(21-20-17)12-7-13(3)18-5-2/h13-15,18H,4-12H2,1-3H3. The summed E-state index contributed by atoms with van der Waals surface area (Å²) in [6.45, 7) is 7.63. The molecule has 1 N–H and O–H groups in total. The van der Waals surface area contributed by atoms with Gasteiger partial charge in [0.2, 0.25) is 5.89 Å². The minimum atomic E-state index is 0.509. The van der Waals surface area contributed by atoms with Crippen molar-refractivity contribution in [1.82, 2.24) is 15.5 Å². The van der Waals surface area contributed by atoms with Crippen molar-refractivity contribution in [3.63, 3.8) is 0 Å². The average Bonchev–Trinajstić information content (AvgIpc) is 2.95. The second kappa shape index (κ2) is 8.52. The zero-order chi connectivity index (χ0) is 15.1. The van der Waals surface area contributed by atoms with Gasteiger partial charge in [-0.3, -0.25) is 0 Å². The van der Waals surface area contributed by atoms with Crippen LogP contribution in [0, 0.1) is 5.92 Å². The van der Waals surface area contributed by atoms with Gasteiger partial charge in [-0.05, 0) is 51.5 Å². The summed E-state index contributed by atoms with van der Waals surface area (Å²) < 4.78 is 5.43. The molecule has 21 heavy (non-hydrogen) atoms. The molecule has 1 aliphatic carbocycles. The molecule has 1 aliphatic rings. The van der Waals surface area contributed by atoms with Crippen LogP contribution in [-0.2, 0) is 6.42 Å². The molecule has 0 radical (unpaired) electrons. The van der Waals surface area contributed by atoms with E-state index < -0.39 is 0 Å². The molecule has 0 saturated heterocycles. The predicted octanol–water partition coefficient (Wildman–Crippen LogP) is 4.07. The van der Waals surface area contributed by atoms with Crippen LogP contribution in [0.25, 0.3) is 0 Å². The molecule has 0 aliphatic heterocycles. The number of nitrogens with one attached hydrogen (secondary N) is 1. The SMILES string of the molecule is CCCC1CCC(c2noc(CCC(C)NCC)n2)CC1. The number of hydrogen-bond acceptors (Lipinski definition) is 4. The molecule has 1 heterocycles. The summed E-state index contributed by atoms with van der Waals surface area (Å²) in [5, 5.41) is 7.64. The average molecular weight is 293 g/mol. The fraction of sp³-hybridized carbons (Fsp3) is 0.882. The second-order valence-corrected chi connectivity index (χ2v) is 6.55. The molecule has 1 fully saturated rings. The first kappa shape index (κ1) is 16.5. The molecule has 0 aromatic carbocycles. The van der Waals surface area contributed by atoms with Crippen LogP contribution >= 0.6 is 0 Å². The highest BCUT2D eigenvalue weighted by Gasteiger charge is 2.25. The van der Waals surface area contributed by atoms with Crippen LogP contribution in [0.15, 0.2) is 4.52 Å². The van der Waals surface area contributed by atoms with Gasteiger partial charge in [-0.2, -0.15) is 4.98 Å². The lowest BCUT2D eigenvalue weighted by Gasteiger charge is -2.26. The summed E-state index contributed by atoms with van der Waals surface area (Å²) in [7, 11) is 0. The van der Waals surface area contributed by atoms with Gasteiger partial charge in [0.25, 0.3) is 0 Å². The van der Waals surface area contributed by atoms with E-state index in [2.05, 4.69) is 36.2 Å². The van der Waals surface area contributed by atoms with E-state index in [9.17, 15) is 0 Å². The maximum absolute atomic E-state index is 5.43. The molecular weight excluding hydrogens is 262 g/mol. The third-order valence-corrected chi connectivity index (χ3v) is 4.74. The highest BCUT2D eigenvalue weighted by atomic mass is 16.5. The van der Waals surface area contributed by atoms with Crippen molar-refractivity contribution in [2.75, 3.05) is 6.54 Å². The Morgan fingerprint density at radius 3 is 2.67 bits per heavy atom. The zero-order valence-corrected chi connectivity index (χ0v) is 13.9. The van der Waals surface area contributed by atoms with Crippen LogP contribution in [-0.4, -0.2) is 22.7 Å². The van der Waals surface area contributed by atoms with Gasteiger partial charge in [0.15, 0.2) is 5.82 Å². The molecule has 0 amide bonds. The van der Waals surface area contributed by atoms with Crippen molar-refractivity contribution in [2.45, 2.75) is 84.1 Å². The van der Waals surface area contributed by atoms with Crippen molar-refractivity contribution < 1.29 is 4.52 Å². The molecule has 1 unspecified atom stereocenters. The zero-order valence-electron chi connectivity index (χ0n) is 13.9. The van der Waals surface area contributed by atoms with Gasteiger partial charge in [-0.25, -0.2) is 0 Å². The molecule has 1 atom stereocenters. The van der Waals surface area contributed by atoms with Gasteiger partial charge in [0, 0.05) is 18.4 Å². The molecule has 4 heteroatoms. The molecule has 0 spiro atoms. The highest BCUT2D eigenvalue weighted by molar-refractivity contribution is 4.98. The van der Waals surface area contributed by atoms with Gasteiger partial charge in [0.05, 0.1) is 0 Å². The predicted molar refractivity (Wildman–Crippen MR) is 85.4 cm³/mol. The maximum Gasteiger partial charge on any atom is 0.226 e.